The average molecular weight is 527 g/mol. The summed E-state index contributed by atoms with van der Waals surface area (Å²) in [6.45, 7) is 0. The maximum absolute atomic E-state index is 13.7. The minimum atomic E-state index is -0.458. The fourth-order valence-electron chi connectivity index (χ4n) is 4.97. The maximum atomic E-state index is 13.7. The summed E-state index contributed by atoms with van der Waals surface area (Å²) in [5.74, 6) is 0.488. The van der Waals surface area contributed by atoms with E-state index in [1.54, 1.807) is 43.5 Å². The largest absolute Gasteiger partial charge is 0.497 e. The molecule has 1 heterocycles. The van der Waals surface area contributed by atoms with E-state index in [-0.39, 0.29) is 11.9 Å². The molecule has 40 heavy (non-hydrogen) atoms. The second-order valence-corrected chi connectivity index (χ2v) is 9.47. The van der Waals surface area contributed by atoms with Crippen molar-refractivity contribution in [3.05, 3.63) is 144 Å². The van der Waals surface area contributed by atoms with Crippen molar-refractivity contribution in [2.24, 2.45) is 5.10 Å². The molecule has 6 rings (SSSR count). The first-order valence-corrected chi connectivity index (χ1v) is 13.0. The molecule has 196 valence electrons. The predicted octanol–water partition coefficient (Wildman–Crippen LogP) is 7.06. The Morgan fingerprint density at radius 1 is 0.750 bits per heavy atom. The summed E-state index contributed by atoms with van der Waals surface area (Å²) >= 11 is 0. The summed E-state index contributed by atoms with van der Waals surface area (Å²) in [4.78, 5) is 26.9. The standard InChI is InChI=1S/C34H26N2O4/c1-39-27-19-16-24(17-20-27)31-22-30(35-36(31)33(37)25-11-4-2-5-12-25)29-21-18-23-10-8-9-15-28(23)32(29)40-34(38)26-13-6-3-7-14-26/h2-21,31H,22H2,1H3/t31-/m1/s1. The Morgan fingerprint density at radius 3 is 2.10 bits per heavy atom. The molecular formula is C34H26N2O4. The third-order valence-electron chi connectivity index (χ3n) is 7.03. The number of carbonyl (C=O) groups excluding carboxylic acids is 2. The molecule has 5 aromatic rings. The van der Waals surface area contributed by atoms with E-state index in [0.29, 0.717) is 34.6 Å². The molecule has 0 radical (unpaired) electrons. The van der Waals surface area contributed by atoms with Gasteiger partial charge in [-0.15, -0.1) is 0 Å². The molecule has 1 aliphatic heterocycles. The van der Waals surface area contributed by atoms with Crippen LogP contribution in [0.4, 0.5) is 0 Å². The van der Waals surface area contributed by atoms with Gasteiger partial charge in [0, 0.05) is 22.9 Å². The summed E-state index contributed by atoms with van der Waals surface area (Å²) in [6, 6.07) is 37.0. The molecule has 0 unspecified atom stereocenters. The molecule has 1 aliphatic rings. The number of nitrogens with zero attached hydrogens (tertiary/aromatic N) is 2. The monoisotopic (exact) mass is 526 g/mol. The van der Waals surface area contributed by atoms with Gasteiger partial charge in [-0.05, 0) is 53.4 Å². The number of ether oxygens (including phenoxy) is 2. The first-order valence-electron chi connectivity index (χ1n) is 13.0. The van der Waals surface area contributed by atoms with Gasteiger partial charge < -0.3 is 9.47 Å². The van der Waals surface area contributed by atoms with Gasteiger partial charge >= 0.3 is 5.97 Å². The summed E-state index contributed by atoms with van der Waals surface area (Å²) in [6.07, 6.45) is 0.444. The lowest BCUT2D eigenvalue weighted by Gasteiger charge is -2.22. The van der Waals surface area contributed by atoms with E-state index in [1.807, 2.05) is 84.9 Å². The van der Waals surface area contributed by atoms with Crippen LogP contribution in [0.25, 0.3) is 10.8 Å². The molecule has 1 amide bonds. The maximum Gasteiger partial charge on any atom is 0.343 e. The molecule has 0 saturated carbocycles. The Kier molecular flexibility index (Phi) is 6.81. The highest BCUT2D eigenvalue weighted by molar-refractivity contribution is 6.11. The average Bonchev–Trinajstić information content (AvgIpc) is 3.47. The Bertz CT molecular complexity index is 1710. The van der Waals surface area contributed by atoms with Crippen LogP contribution in [-0.2, 0) is 0 Å². The topological polar surface area (TPSA) is 68.2 Å². The zero-order valence-electron chi connectivity index (χ0n) is 21.9. The third-order valence-corrected chi connectivity index (χ3v) is 7.03. The molecule has 0 aromatic heterocycles. The number of esters is 1. The summed E-state index contributed by atoms with van der Waals surface area (Å²) in [5.41, 5.74) is 3.25. The summed E-state index contributed by atoms with van der Waals surface area (Å²) < 4.78 is 11.4. The Morgan fingerprint density at radius 2 is 1.40 bits per heavy atom. The van der Waals surface area contributed by atoms with E-state index in [1.165, 1.54) is 5.01 Å². The molecule has 0 bridgehead atoms. The van der Waals surface area contributed by atoms with Crippen LogP contribution in [0.1, 0.15) is 44.3 Å². The Labute approximate surface area is 232 Å². The summed E-state index contributed by atoms with van der Waals surface area (Å²) in [7, 11) is 1.62. The number of hydrazone groups is 1. The summed E-state index contributed by atoms with van der Waals surface area (Å²) in [5, 5.41) is 8.12. The van der Waals surface area contributed by atoms with Crippen molar-refractivity contribution in [2.75, 3.05) is 7.11 Å². The molecule has 0 spiro atoms. The molecule has 0 fully saturated rings. The van der Waals surface area contributed by atoms with E-state index in [9.17, 15) is 9.59 Å². The molecule has 1 atom stereocenters. The van der Waals surface area contributed by atoms with Gasteiger partial charge in [-0.3, -0.25) is 4.79 Å². The lowest BCUT2D eigenvalue weighted by molar-refractivity contribution is 0.0708. The van der Waals surface area contributed by atoms with Crippen LogP contribution in [0.2, 0.25) is 0 Å². The highest BCUT2D eigenvalue weighted by Crippen LogP contribution is 2.39. The van der Waals surface area contributed by atoms with Crippen molar-refractivity contribution in [2.45, 2.75) is 12.5 Å². The number of hydrogen-bond donors (Lipinski definition) is 0. The van der Waals surface area contributed by atoms with Crippen molar-refractivity contribution >= 4 is 28.4 Å². The van der Waals surface area contributed by atoms with Crippen molar-refractivity contribution in [1.29, 1.82) is 0 Å². The van der Waals surface area contributed by atoms with E-state index in [2.05, 4.69) is 0 Å². The SMILES string of the molecule is COc1ccc([C@H]2CC(c3ccc4ccccc4c3OC(=O)c3ccccc3)=NN2C(=O)c2ccccc2)cc1. The van der Waals surface area contributed by atoms with Gasteiger partial charge in [0.25, 0.3) is 5.91 Å². The minimum Gasteiger partial charge on any atom is -0.497 e. The lowest BCUT2D eigenvalue weighted by atomic mass is 9.95. The van der Waals surface area contributed by atoms with E-state index in [4.69, 9.17) is 14.6 Å². The van der Waals surface area contributed by atoms with Crippen LogP contribution in [0.5, 0.6) is 11.5 Å². The second kappa shape index (κ2) is 10.9. The van der Waals surface area contributed by atoms with Gasteiger partial charge in [-0.2, -0.15) is 5.10 Å². The highest BCUT2D eigenvalue weighted by atomic mass is 16.5. The number of amides is 1. The Hall–Kier alpha value is -5.23. The molecule has 0 aliphatic carbocycles. The van der Waals surface area contributed by atoms with Gasteiger partial charge in [0.2, 0.25) is 0 Å². The number of benzene rings is 5. The third kappa shape index (κ3) is 4.83. The highest BCUT2D eigenvalue weighted by Gasteiger charge is 2.35. The zero-order chi connectivity index (χ0) is 27.5. The van der Waals surface area contributed by atoms with E-state index < -0.39 is 5.97 Å². The number of hydrogen-bond acceptors (Lipinski definition) is 5. The molecule has 0 N–H and O–H groups in total. The van der Waals surface area contributed by atoms with Crippen LogP contribution >= 0.6 is 0 Å². The predicted molar refractivity (Wildman–Crippen MR) is 155 cm³/mol. The number of rotatable bonds is 6. The first kappa shape index (κ1) is 25.1. The Balaban J connectivity index is 1.45. The smallest absolute Gasteiger partial charge is 0.343 e. The molecule has 5 aromatic carbocycles. The fraction of sp³-hybridized carbons (Fsp3) is 0.0882. The van der Waals surface area contributed by atoms with Crippen molar-refractivity contribution in [3.8, 4) is 11.5 Å². The van der Waals surface area contributed by atoms with Crippen molar-refractivity contribution in [3.63, 3.8) is 0 Å². The normalized spacial score (nSPS) is 14.6. The van der Waals surface area contributed by atoms with E-state index in [0.717, 1.165) is 22.1 Å². The zero-order valence-corrected chi connectivity index (χ0v) is 21.9. The van der Waals surface area contributed by atoms with Gasteiger partial charge in [-0.1, -0.05) is 78.9 Å². The van der Waals surface area contributed by atoms with Crippen LogP contribution < -0.4 is 9.47 Å². The molecular weight excluding hydrogens is 500 g/mol. The van der Waals surface area contributed by atoms with Gasteiger partial charge in [0.05, 0.1) is 24.4 Å². The van der Waals surface area contributed by atoms with Gasteiger partial charge in [-0.25, -0.2) is 9.80 Å². The van der Waals surface area contributed by atoms with Gasteiger partial charge in [0.1, 0.15) is 11.5 Å². The van der Waals surface area contributed by atoms with Crippen molar-refractivity contribution in [1.82, 2.24) is 5.01 Å². The van der Waals surface area contributed by atoms with Crippen LogP contribution in [0.3, 0.4) is 0 Å². The minimum absolute atomic E-state index is 0.208. The number of fused-ring (bicyclic) bond motifs is 1. The molecule has 6 heteroatoms. The number of carbonyl (C=O) groups is 2. The van der Waals surface area contributed by atoms with Gasteiger partial charge in [0.15, 0.2) is 0 Å². The number of methoxy groups -OCH3 is 1. The fourth-order valence-corrected chi connectivity index (χ4v) is 4.97. The molecule has 0 saturated heterocycles. The lowest BCUT2D eigenvalue weighted by Crippen LogP contribution is -2.27. The van der Waals surface area contributed by atoms with E-state index >= 15 is 0 Å². The van der Waals surface area contributed by atoms with Crippen LogP contribution in [-0.4, -0.2) is 29.7 Å². The van der Waals surface area contributed by atoms with Crippen molar-refractivity contribution < 1.29 is 19.1 Å². The van der Waals surface area contributed by atoms with Crippen LogP contribution in [0.15, 0.2) is 126 Å². The quantitative estimate of drug-likeness (QED) is 0.175. The van der Waals surface area contributed by atoms with Crippen LogP contribution in [0, 0.1) is 0 Å². The molecule has 6 nitrogen and oxygen atoms in total. The first-order chi connectivity index (χ1) is 19.6. The second-order valence-electron chi connectivity index (χ2n) is 9.47.